The second-order valence-corrected chi connectivity index (χ2v) is 4.77. The van der Waals surface area contributed by atoms with Crippen molar-refractivity contribution < 1.29 is 14.3 Å². The fourth-order valence-corrected chi connectivity index (χ4v) is 1.96. The molecule has 0 spiro atoms. The maximum Gasteiger partial charge on any atom is 0.254 e. The second kappa shape index (κ2) is 5.74. The van der Waals surface area contributed by atoms with E-state index in [-0.39, 0.29) is 17.4 Å². The van der Waals surface area contributed by atoms with Crippen molar-refractivity contribution in [2.45, 2.75) is 19.9 Å². The van der Waals surface area contributed by atoms with Gasteiger partial charge in [-0.15, -0.1) is 0 Å². The molecular weight excluding hydrogens is 257 g/mol. The monoisotopic (exact) mass is 273 g/mol. The first-order valence-electron chi connectivity index (χ1n) is 6.33. The Morgan fingerprint density at radius 1 is 1.25 bits per heavy atom. The molecule has 0 heterocycles. The Morgan fingerprint density at radius 3 is 2.65 bits per heavy atom. The Morgan fingerprint density at radius 2 is 2.00 bits per heavy atom. The zero-order valence-corrected chi connectivity index (χ0v) is 11.4. The summed E-state index contributed by atoms with van der Waals surface area (Å²) in [7, 11) is 0. The SMILES string of the molecule is Cc1ccc(C(=O)NC(C)c2cccc(O)c2)c(F)c1. The van der Waals surface area contributed by atoms with Gasteiger partial charge in [-0.2, -0.15) is 0 Å². The molecule has 1 atom stereocenters. The number of carbonyl (C=O) groups is 1. The van der Waals surface area contributed by atoms with E-state index in [1.54, 1.807) is 44.2 Å². The molecule has 20 heavy (non-hydrogen) atoms. The minimum absolute atomic E-state index is 0.0163. The number of rotatable bonds is 3. The van der Waals surface area contributed by atoms with E-state index in [4.69, 9.17) is 0 Å². The largest absolute Gasteiger partial charge is 0.508 e. The molecule has 0 fully saturated rings. The summed E-state index contributed by atoms with van der Waals surface area (Å²) in [6, 6.07) is 10.8. The van der Waals surface area contributed by atoms with E-state index in [1.165, 1.54) is 12.1 Å². The van der Waals surface area contributed by atoms with Crippen LogP contribution in [-0.2, 0) is 0 Å². The van der Waals surface area contributed by atoms with Gasteiger partial charge in [-0.05, 0) is 49.2 Å². The van der Waals surface area contributed by atoms with E-state index in [2.05, 4.69) is 5.32 Å². The van der Waals surface area contributed by atoms with Crippen LogP contribution in [0.25, 0.3) is 0 Å². The van der Waals surface area contributed by atoms with Crippen LogP contribution in [0.4, 0.5) is 4.39 Å². The number of phenols is 1. The Kier molecular flexibility index (Phi) is 4.03. The molecule has 2 N–H and O–H groups in total. The highest BCUT2D eigenvalue weighted by Gasteiger charge is 2.15. The van der Waals surface area contributed by atoms with E-state index in [9.17, 15) is 14.3 Å². The van der Waals surface area contributed by atoms with Crippen molar-refractivity contribution in [3.63, 3.8) is 0 Å². The molecular formula is C16H16FNO2. The Balaban J connectivity index is 2.15. The summed E-state index contributed by atoms with van der Waals surface area (Å²) >= 11 is 0. The van der Waals surface area contributed by atoms with Gasteiger partial charge in [0.25, 0.3) is 5.91 Å². The fourth-order valence-electron chi connectivity index (χ4n) is 1.96. The number of hydrogen-bond donors (Lipinski definition) is 2. The predicted octanol–water partition coefficient (Wildman–Crippen LogP) is 3.33. The van der Waals surface area contributed by atoms with E-state index in [0.29, 0.717) is 0 Å². The number of benzene rings is 2. The molecule has 1 unspecified atom stereocenters. The topological polar surface area (TPSA) is 49.3 Å². The molecule has 0 aromatic heterocycles. The van der Waals surface area contributed by atoms with Crippen LogP contribution in [0.1, 0.15) is 34.5 Å². The summed E-state index contributed by atoms with van der Waals surface area (Å²) in [5, 5.41) is 12.1. The fraction of sp³-hybridized carbons (Fsp3) is 0.188. The van der Waals surface area contributed by atoms with Crippen molar-refractivity contribution in [1.82, 2.24) is 5.32 Å². The van der Waals surface area contributed by atoms with E-state index in [0.717, 1.165) is 11.1 Å². The van der Waals surface area contributed by atoms with Gasteiger partial charge in [0.1, 0.15) is 11.6 Å². The molecule has 3 nitrogen and oxygen atoms in total. The summed E-state index contributed by atoms with van der Waals surface area (Å²) in [4.78, 5) is 12.0. The van der Waals surface area contributed by atoms with Crippen LogP contribution in [-0.4, -0.2) is 11.0 Å². The highest BCUT2D eigenvalue weighted by molar-refractivity contribution is 5.94. The molecule has 0 saturated carbocycles. The average Bonchev–Trinajstić information content (AvgIpc) is 2.38. The number of hydrogen-bond acceptors (Lipinski definition) is 2. The quantitative estimate of drug-likeness (QED) is 0.901. The number of carbonyl (C=O) groups excluding carboxylic acids is 1. The Hall–Kier alpha value is -2.36. The molecule has 4 heteroatoms. The first-order valence-corrected chi connectivity index (χ1v) is 6.33. The van der Waals surface area contributed by atoms with E-state index >= 15 is 0 Å². The Labute approximate surface area is 117 Å². The van der Waals surface area contributed by atoms with Crippen molar-refractivity contribution in [1.29, 1.82) is 0 Å². The molecule has 2 rings (SSSR count). The summed E-state index contributed by atoms with van der Waals surface area (Å²) in [5.41, 5.74) is 1.54. The van der Waals surface area contributed by atoms with Gasteiger partial charge in [-0.1, -0.05) is 18.2 Å². The predicted molar refractivity (Wildman–Crippen MR) is 75.1 cm³/mol. The van der Waals surface area contributed by atoms with Crippen LogP contribution >= 0.6 is 0 Å². The molecule has 2 aromatic rings. The zero-order valence-electron chi connectivity index (χ0n) is 11.4. The van der Waals surface area contributed by atoms with Gasteiger partial charge >= 0.3 is 0 Å². The van der Waals surface area contributed by atoms with Gasteiger partial charge in [-0.3, -0.25) is 4.79 Å². The Bertz CT molecular complexity index is 640. The average molecular weight is 273 g/mol. The van der Waals surface area contributed by atoms with Crippen LogP contribution in [0.3, 0.4) is 0 Å². The second-order valence-electron chi connectivity index (χ2n) is 4.77. The van der Waals surface area contributed by atoms with Crippen LogP contribution in [0, 0.1) is 12.7 Å². The summed E-state index contributed by atoms with van der Waals surface area (Å²) < 4.78 is 13.7. The maximum absolute atomic E-state index is 13.7. The van der Waals surface area contributed by atoms with Crippen LogP contribution < -0.4 is 5.32 Å². The molecule has 0 aliphatic rings. The number of nitrogens with one attached hydrogen (secondary N) is 1. The third-order valence-electron chi connectivity index (χ3n) is 3.09. The van der Waals surface area contributed by atoms with Crippen LogP contribution in [0.15, 0.2) is 42.5 Å². The third kappa shape index (κ3) is 3.15. The lowest BCUT2D eigenvalue weighted by Crippen LogP contribution is -2.27. The molecule has 1 amide bonds. The van der Waals surface area contributed by atoms with Crippen molar-refractivity contribution in [3.05, 3.63) is 65.0 Å². The lowest BCUT2D eigenvalue weighted by atomic mass is 10.1. The summed E-state index contributed by atoms with van der Waals surface area (Å²) in [5.74, 6) is -0.880. The number of aromatic hydroxyl groups is 1. The first-order chi connectivity index (χ1) is 9.47. The molecule has 0 saturated heterocycles. The molecule has 0 aliphatic carbocycles. The van der Waals surface area contributed by atoms with Gasteiger partial charge < -0.3 is 10.4 Å². The van der Waals surface area contributed by atoms with Gasteiger partial charge in [0, 0.05) is 0 Å². The lowest BCUT2D eigenvalue weighted by Gasteiger charge is -2.15. The smallest absolute Gasteiger partial charge is 0.254 e. The molecule has 0 aliphatic heterocycles. The van der Waals surface area contributed by atoms with Crippen molar-refractivity contribution in [3.8, 4) is 5.75 Å². The zero-order chi connectivity index (χ0) is 14.7. The maximum atomic E-state index is 13.7. The summed E-state index contributed by atoms with van der Waals surface area (Å²) in [6.45, 7) is 3.54. The van der Waals surface area contributed by atoms with E-state index < -0.39 is 11.7 Å². The highest BCUT2D eigenvalue weighted by atomic mass is 19.1. The summed E-state index contributed by atoms with van der Waals surface area (Å²) in [6.07, 6.45) is 0. The van der Waals surface area contributed by atoms with Crippen LogP contribution in [0.5, 0.6) is 5.75 Å². The van der Waals surface area contributed by atoms with Crippen molar-refractivity contribution >= 4 is 5.91 Å². The minimum atomic E-state index is -0.536. The lowest BCUT2D eigenvalue weighted by molar-refractivity contribution is 0.0935. The normalized spacial score (nSPS) is 11.9. The molecule has 2 aromatic carbocycles. The van der Waals surface area contributed by atoms with Gasteiger partial charge in [0.05, 0.1) is 11.6 Å². The van der Waals surface area contributed by atoms with Crippen molar-refractivity contribution in [2.24, 2.45) is 0 Å². The number of aryl methyl sites for hydroxylation is 1. The minimum Gasteiger partial charge on any atom is -0.508 e. The van der Waals surface area contributed by atoms with Crippen LogP contribution in [0.2, 0.25) is 0 Å². The highest BCUT2D eigenvalue weighted by Crippen LogP contribution is 2.19. The van der Waals surface area contributed by atoms with Gasteiger partial charge in [0.2, 0.25) is 0 Å². The van der Waals surface area contributed by atoms with Crippen molar-refractivity contribution in [2.75, 3.05) is 0 Å². The van der Waals surface area contributed by atoms with E-state index in [1.807, 2.05) is 0 Å². The molecule has 0 bridgehead atoms. The van der Waals surface area contributed by atoms with Gasteiger partial charge in [-0.25, -0.2) is 4.39 Å². The molecule has 0 radical (unpaired) electrons. The standard InChI is InChI=1S/C16H16FNO2/c1-10-6-7-14(15(17)8-10)16(20)18-11(2)12-4-3-5-13(19)9-12/h3-9,11,19H,1-2H3,(H,18,20). The number of halogens is 1. The van der Waals surface area contributed by atoms with Gasteiger partial charge in [0.15, 0.2) is 0 Å². The number of phenolic OH excluding ortho intramolecular Hbond substituents is 1. The number of amides is 1. The molecule has 104 valence electrons. The first kappa shape index (κ1) is 14.1. The third-order valence-corrected chi connectivity index (χ3v) is 3.09.